The number of hydrogen-bond acceptors (Lipinski definition) is 4. The third-order valence-electron chi connectivity index (χ3n) is 3.23. The van der Waals surface area contributed by atoms with Crippen LogP contribution in [0.4, 0.5) is 5.69 Å². The van der Waals surface area contributed by atoms with Gasteiger partial charge in [-0.3, -0.25) is 9.69 Å². The van der Waals surface area contributed by atoms with E-state index in [0.29, 0.717) is 11.3 Å². The minimum atomic E-state index is -0.443. The predicted octanol–water partition coefficient (Wildman–Crippen LogP) is 1.14. The number of rotatable bonds is 8. The van der Waals surface area contributed by atoms with E-state index in [4.69, 9.17) is 11.5 Å². The molecule has 0 atom stereocenters. The van der Waals surface area contributed by atoms with Crippen LogP contribution in [0.25, 0.3) is 0 Å². The summed E-state index contributed by atoms with van der Waals surface area (Å²) in [5, 5.41) is 0. The van der Waals surface area contributed by atoms with Gasteiger partial charge in [0.05, 0.1) is 0 Å². The van der Waals surface area contributed by atoms with Crippen molar-refractivity contribution in [1.29, 1.82) is 0 Å². The Labute approximate surface area is 121 Å². The number of nitrogen functional groups attached to an aromatic ring is 1. The van der Waals surface area contributed by atoms with Crippen molar-refractivity contribution in [2.45, 2.75) is 19.9 Å². The molecule has 0 bridgehead atoms. The van der Waals surface area contributed by atoms with Crippen molar-refractivity contribution in [3.05, 3.63) is 29.3 Å². The highest BCUT2D eigenvalue weighted by Gasteiger charge is 2.10. The van der Waals surface area contributed by atoms with Crippen LogP contribution >= 0.6 is 0 Å². The SMILES string of the molecule is CCCN(CCN(C)C)Cc1ccc(C(N)=O)cc1N. The highest BCUT2D eigenvalue weighted by atomic mass is 16.1. The van der Waals surface area contributed by atoms with E-state index in [1.165, 1.54) is 0 Å². The van der Waals surface area contributed by atoms with Gasteiger partial charge in [0.1, 0.15) is 0 Å². The minimum Gasteiger partial charge on any atom is -0.398 e. The Kier molecular flexibility index (Phi) is 6.48. The fourth-order valence-corrected chi connectivity index (χ4v) is 2.06. The molecule has 0 aromatic heterocycles. The van der Waals surface area contributed by atoms with Gasteiger partial charge in [0.2, 0.25) is 5.91 Å². The molecule has 1 aromatic rings. The van der Waals surface area contributed by atoms with E-state index < -0.39 is 5.91 Å². The number of carbonyl (C=O) groups excluding carboxylic acids is 1. The highest BCUT2D eigenvalue weighted by molar-refractivity contribution is 5.93. The molecule has 0 unspecified atom stereocenters. The van der Waals surface area contributed by atoms with Gasteiger partial charge in [-0.2, -0.15) is 0 Å². The number of amides is 1. The first-order valence-electron chi connectivity index (χ1n) is 6.99. The Morgan fingerprint density at radius 1 is 1.20 bits per heavy atom. The van der Waals surface area contributed by atoms with Crippen LogP contribution in [0.15, 0.2) is 18.2 Å². The zero-order valence-electron chi connectivity index (χ0n) is 12.7. The van der Waals surface area contributed by atoms with Crippen molar-refractivity contribution in [2.75, 3.05) is 39.5 Å². The van der Waals surface area contributed by atoms with Gasteiger partial charge in [-0.1, -0.05) is 13.0 Å². The van der Waals surface area contributed by atoms with E-state index in [1.54, 1.807) is 12.1 Å². The fourth-order valence-electron chi connectivity index (χ4n) is 2.06. The van der Waals surface area contributed by atoms with E-state index in [9.17, 15) is 4.79 Å². The predicted molar refractivity (Wildman–Crippen MR) is 83.5 cm³/mol. The maximum Gasteiger partial charge on any atom is 0.248 e. The second-order valence-electron chi connectivity index (χ2n) is 5.36. The number of benzene rings is 1. The second kappa shape index (κ2) is 7.87. The summed E-state index contributed by atoms with van der Waals surface area (Å²) in [5.74, 6) is -0.443. The lowest BCUT2D eigenvalue weighted by Crippen LogP contribution is -2.32. The number of hydrogen-bond donors (Lipinski definition) is 2. The van der Waals surface area contributed by atoms with Gasteiger partial charge in [0.15, 0.2) is 0 Å². The Hall–Kier alpha value is -1.59. The Bertz CT molecular complexity index is 445. The first-order valence-corrected chi connectivity index (χ1v) is 6.99. The fraction of sp³-hybridized carbons (Fsp3) is 0.533. The van der Waals surface area contributed by atoms with Gasteiger partial charge in [-0.15, -0.1) is 0 Å². The number of carbonyl (C=O) groups is 1. The van der Waals surface area contributed by atoms with Crippen LogP contribution in [-0.4, -0.2) is 49.4 Å². The molecule has 0 aliphatic rings. The first kappa shape index (κ1) is 16.5. The van der Waals surface area contributed by atoms with Crippen LogP contribution < -0.4 is 11.5 Å². The molecule has 5 nitrogen and oxygen atoms in total. The van der Waals surface area contributed by atoms with Crippen molar-refractivity contribution in [2.24, 2.45) is 5.73 Å². The topological polar surface area (TPSA) is 75.6 Å². The third kappa shape index (κ3) is 5.19. The quantitative estimate of drug-likeness (QED) is 0.699. The number of nitrogens with two attached hydrogens (primary N) is 2. The maximum absolute atomic E-state index is 11.1. The first-order chi connectivity index (χ1) is 9.43. The molecule has 0 radical (unpaired) electrons. The molecule has 0 saturated heterocycles. The van der Waals surface area contributed by atoms with Crippen molar-refractivity contribution in [1.82, 2.24) is 9.80 Å². The summed E-state index contributed by atoms with van der Waals surface area (Å²) in [6, 6.07) is 5.30. The van der Waals surface area contributed by atoms with E-state index >= 15 is 0 Å². The van der Waals surface area contributed by atoms with Crippen LogP contribution in [0.2, 0.25) is 0 Å². The minimum absolute atomic E-state index is 0.443. The number of nitrogens with zero attached hydrogens (tertiary/aromatic N) is 2. The van der Waals surface area contributed by atoms with Crippen LogP contribution in [0, 0.1) is 0 Å². The van der Waals surface area contributed by atoms with Gasteiger partial charge < -0.3 is 16.4 Å². The molecule has 0 heterocycles. The number of primary amides is 1. The van der Waals surface area contributed by atoms with Crippen LogP contribution in [-0.2, 0) is 6.54 Å². The van der Waals surface area contributed by atoms with Crippen molar-refractivity contribution < 1.29 is 4.79 Å². The summed E-state index contributed by atoms with van der Waals surface area (Å²) < 4.78 is 0. The zero-order chi connectivity index (χ0) is 15.1. The molecule has 5 heteroatoms. The summed E-state index contributed by atoms with van der Waals surface area (Å²) in [5.41, 5.74) is 13.4. The molecule has 0 aliphatic heterocycles. The van der Waals surface area contributed by atoms with Crippen molar-refractivity contribution in [3.8, 4) is 0 Å². The van der Waals surface area contributed by atoms with Crippen molar-refractivity contribution in [3.63, 3.8) is 0 Å². The summed E-state index contributed by atoms with van der Waals surface area (Å²) in [7, 11) is 4.14. The average Bonchev–Trinajstić information content (AvgIpc) is 2.38. The molecule has 112 valence electrons. The molecule has 20 heavy (non-hydrogen) atoms. The lowest BCUT2D eigenvalue weighted by Gasteiger charge is -2.24. The summed E-state index contributed by atoms with van der Waals surface area (Å²) in [4.78, 5) is 15.7. The summed E-state index contributed by atoms with van der Waals surface area (Å²) >= 11 is 0. The molecule has 1 aromatic carbocycles. The maximum atomic E-state index is 11.1. The lowest BCUT2D eigenvalue weighted by molar-refractivity contribution is 0.100. The van der Waals surface area contributed by atoms with E-state index in [2.05, 4.69) is 30.8 Å². The molecule has 4 N–H and O–H groups in total. The van der Waals surface area contributed by atoms with Crippen molar-refractivity contribution >= 4 is 11.6 Å². The van der Waals surface area contributed by atoms with Gasteiger partial charge in [0.25, 0.3) is 0 Å². The van der Waals surface area contributed by atoms with Crippen LogP contribution in [0.3, 0.4) is 0 Å². The van der Waals surface area contributed by atoms with Crippen LogP contribution in [0.5, 0.6) is 0 Å². The molecule has 1 amide bonds. The van der Waals surface area contributed by atoms with Gasteiger partial charge in [0, 0.05) is 30.9 Å². The second-order valence-corrected chi connectivity index (χ2v) is 5.36. The van der Waals surface area contributed by atoms with E-state index in [1.807, 2.05) is 6.07 Å². The smallest absolute Gasteiger partial charge is 0.248 e. The third-order valence-corrected chi connectivity index (χ3v) is 3.23. The lowest BCUT2D eigenvalue weighted by atomic mass is 10.1. The van der Waals surface area contributed by atoms with Gasteiger partial charge >= 0.3 is 0 Å². The highest BCUT2D eigenvalue weighted by Crippen LogP contribution is 2.16. The van der Waals surface area contributed by atoms with Gasteiger partial charge in [-0.25, -0.2) is 0 Å². The molecule has 0 fully saturated rings. The average molecular weight is 278 g/mol. The molecular weight excluding hydrogens is 252 g/mol. The molecular formula is C15H26N4O. The summed E-state index contributed by atoms with van der Waals surface area (Å²) in [6.07, 6.45) is 1.10. The molecule has 0 saturated carbocycles. The monoisotopic (exact) mass is 278 g/mol. The molecule has 0 spiro atoms. The summed E-state index contributed by atoms with van der Waals surface area (Å²) in [6.45, 7) is 6.01. The molecule has 1 rings (SSSR count). The number of likely N-dealkylation sites (N-methyl/N-ethyl adjacent to an activating group) is 1. The van der Waals surface area contributed by atoms with E-state index in [0.717, 1.165) is 38.2 Å². The normalized spacial score (nSPS) is 11.2. The van der Waals surface area contributed by atoms with Crippen LogP contribution in [0.1, 0.15) is 29.3 Å². The Morgan fingerprint density at radius 3 is 2.40 bits per heavy atom. The largest absolute Gasteiger partial charge is 0.398 e. The number of anilines is 1. The molecule has 0 aliphatic carbocycles. The standard InChI is InChI=1S/C15H26N4O/c1-4-7-19(9-8-18(2)3)11-13-6-5-12(15(17)20)10-14(13)16/h5-6,10H,4,7-9,11,16H2,1-3H3,(H2,17,20). The Balaban J connectivity index is 2.74. The van der Waals surface area contributed by atoms with E-state index in [-0.39, 0.29) is 0 Å². The zero-order valence-corrected chi connectivity index (χ0v) is 12.7. The Morgan fingerprint density at radius 2 is 1.90 bits per heavy atom. The van der Waals surface area contributed by atoms with Gasteiger partial charge in [-0.05, 0) is 44.8 Å².